The topological polar surface area (TPSA) is 122 Å². The molecule has 12 heteroatoms. The van der Waals surface area contributed by atoms with Crippen molar-refractivity contribution in [1.82, 2.24) is 9.80 Å². The second-order valence-corrected chi connectivity index (χ2v) is 17.7. The van der Waals surface area contributed by atoms with Crippen LogP contribution < -0.4 is 9.47 Å². The molecule has 6 atom stereocenters. The van der Waals surface area contributed by atoms with Crippen LogP contribution in [0.25, 0.3) is 10.8 Å². The van der Waals surface area contributed by atoms with E-state index in [0.717, 1.165) is 84.1 Å². The Morgan fingerprint density at radius 2 is 1.73 bits per heavy atom. The van der Waals surface area contributed by atoms with Crippen LogP contribution in [-0.2, 0) is 27.5 Å². The summed E-state index contributed by atoms with van der Waals surface area (Å²) < 4.78 is 27.0. The molecule has 2 aliphatic carbocycles. The molecule has 64 heavy (non-hydrogen) atoms. The summed E-state index contributed by atoms with van der Waals surface area (Å²) in [6, 6.07) is 29.5. The maximum atomic E-state index is 14.8. The smallest absolute Gasteiger partial charge is 0.410 e. The van der Waals surface area contributed by atoms with E-state index < -0.39 is 23.8 Å². The molecule has 0 spiro atoms. The van der Waals surface area contributed by atoms with Gasteiger partial charge in [-0.3, -0.25) is 9.80 Å². The van der Waals surface area contributed by atoms with Crippen LogP contribution in [0.1, 0.15) is 67.6 Å². The minimum absolute atomic E-state index is 0.0185. The number of aliphatic hydroxyl groups excluding tert-OH is 2. The van der Waals surface area contributed by atoms with Gasteiger partial charge >= 0.3 is 6.09 Å². The molecule has 1 saturated carbocycles. The molecule has 0 radical (unpaired) electrons. The van der Waals surface area contributed by atoms with E-state index in [1.165, 1.54) is 0 Å². The van der Waals surface area contributed by atoms with E-state index in [2.05, 4.69) is 41.8 Å². The molecule has 11 nitrogen and oxygen atoms in total. The van der Waals surface area contributed by atoms with Gasteiger partial charge in [0.25, 0.3) is 0 Å². The zero-order valence-corrected chi connectivity index (χ0v) is 37.5. The van der Waals surface area contributed by atoms with E-state index in [-0.39, 0.29) is 69.6 Å². The van der Waals surface area contributed by atoms with Gasteiger partial charge in [-0.15, -0.1) is 18.2 Å². The van der Waals surface area contributed by atoms with E-state index in [4.69, 9.17) is 40.5 Å². The minimum atomic E-state index is -1.45. The number of nitrogens with zero attached hydrogens (tertiary/aromatic N) is 3. The van der Waals surface area contributed by atoms with Gasteiger partial charge in [0, 0.05) is 50.8 Å². The van der Waals surface area contributed by atoms with Crippen molar-refractivity contribution in [2.24, 2.45) is 22.9 Å². The molecule has 2 fully saturated rings. The molecule has 2 N–H and O–H groups in total. The molecule has 340 valence electrons. The number of aliphatic hydroxyl groups is 2. The number of allylic oxidation sites excluding steroid dienone is 1. The van der Waals surface area contributed by atoms with Gasteiger partial charge < -0.3 is 34.0 Å². The van der Waals surface area contributed by atoms with Crippen molar-refractivity contribution in [3.05, 3.63) is 132 Å². The molecular formula is C52H62ClN3O8. The van der Waals surface area contributed by atoms with Crippen LogP contribution in [0.3, 0.4) is 0 Å². The Morgan fingerprint density at radius 3 is 2.52 bits per heavy atom. The zero-order valence-electron chi connectivity index (χ0n) is 36.7. The number of carbonyl (C=O) groups excluding carboxylic acids is 1. The van der Waals surface area contributed by atoms with Crippen LogP contribution in [0, 0.1) is 17.8 Å². The van der Waals surface area contributed by atoms with Crippen molar-refractivity contribution in [3.63, 3.8) is 0 Å². The van der Waals surface area contributed by atoms with E-state index in [9.17, 15) is 15.0 Å². The molecule has 4 aromatic rings. The highest BCUT2D eigenvalue weighted by molar-refractivity contribution is 6.18. The number of hydrogen-bond acceptors (Lipinski definition) is 10. The Balaban J connectivity index is 1.33. The van der Waals surface area contributed by atoms with Crippen LogP contribution in [0.2, 0.25) is 0 Å². The third-order valence-electron chi connectivity index (χ3n) is 13.2. The summed E-state index contributed by atoms with van der Waals surface area (Å²) in [7, 11) is 0. The highest BCUT2D eigenvalue weighted by Crippen LogP contribution is 2.62. The molecule has 8 rings (SSSR count). The number of oxime groups is 1. The van der Waals surface area contributed by atoms with Crippen LogP contribution in [0.4, 0.5) is 4.79 Å². The highest BCUT2D eigenvalue weighted by Gasteiger charge is 2.65. The van der Waals surface area contributed by atoms with Crippen molar-refractivity contribution in [1.29, 1.82) is 0 Å². The van der Waals surface area contributed by atoms with Crippen molar-refractivity contribution in [3.8, 4) is 11.5 Å². The number of ether oxygens (including phenoxy) is 4. The maximum Gasteiger partial charge on any atom is 0.410 e. The third kappa shape index (κ3) is 10.3. The molecular weight excluding hydrogens is 830 g/mol. The molecule has 0 aromatic heterocycles. The SMILES string of the molecule is C=CCOC12Oc3ccc(OCCN4CC4)cc3C3C(CCCCO)C(CCCCO)C=C(C(=NOCc4ccccc4)CC1N(Cc1cccc4ccccc14)C(=O)OCCCl)C32. The number of unbranched alkanes of at least 4 members (excludes halogenated alkanes) is 2. The number of amides is 1. The Kier molecular flexibility index (Phi) is 15.6. The van der Waals surface area contributed by atoms with Crippen LogP contribution in [-0.4, -0.2) is 102 Å². The first kappa shape index (κ1) is 45.7. The molecule has 1 amide bonds. The summed E-state index contributed by atoms with van der Waals surface area (Å²) in [6.07, 6.45) is 8.45. The Bertz CT molecular complexity index is 2250. The van der Waals surface area contributed by atoms with Crippen LogP contribution >= 0.6 is 11.6 Å². The number of hydrogen-bond donors (Lipinski definition) is 2. The predicted molar refractivity (Wildman–Crippen MR) is 250 cm³/mol. The Morgan fingerprint density at radius 1 is 0.953 bits per heavy atom. The summed E-state index contributed by atoms with van der Waals surface area (Å²) in [5.74, 6) is -0.399. The monoisotopic (exact) mass is 891 g/mol. The lowest BCUT2D eigenvalue weighted by molar-refractivity contribution is -0.256. The predicted octanol–water partition coefficient (Wildman–Crippen LogP) is 9.25. The van der Waals surface area contributed by atoms with Gasteiger partial charge in [0.2, 0.25) is 5.79 Å². The molecule has 2 heterocycles. The summed E-state index contributed by atoms with van der Waals surface area (Å²) >= 11 is 6.18. The van der Waals surface area contributed by atoms with E-state index in [0.29, 0.717) is 30.9 Å². The van der Waals surface area contributed by atoms with Gasteiger partial charge in [0.05, 0.1) is 30.7 Å². The van der Waals surface area contributed by atoms with Crippen molar-refractivity contribution in [2.75, 3.05) is 58.5 Å². The largest absolute Gasteiger partial charge is 0.492 e. The normalized spacial score (nSPS) is 24.0. The number of rotatable bonds is 23. The van der Waals surface area contributed by atoms with E-state index in [1.54, 1.807) is 11.0 Å². The van der Waals surface area contributed by atoms with Gasteiger partial charge in [0.15, 0.2) is 0 Å². The van der Waals surface area contributed by atoms with Gasteiger partial charge in [-0.1, -0.05) is 103 Å². The number of benzene rings is 4. The fourth-order valence-electron chi connectivity index (χ4n) is 10.2. The minimum Gasteiger partial charge on any atom is -0.492 e. The second kappa shape index (κ2) is 21.8. The molecule has 2 aliphatic heterocycles. The van der Waals surface area contributed by atoms with Gasteiger partial charge in [0.1, 0.15) is 37.4 Å². The molecule has 6 unspecified atom stereocenters. The van der Waals surface area contributed by atoms with Crippen molar-refractivity contribution in [2.45, 2.75) is 75.8 Å². The molecule has 4 aliphatic rings. The number of alkyl halides is 1. The number of carbonyl (C=O) groups is 1. The van der Waals surface area contributed by atoms with Gasteiger partial charge in [-0.25, -0.2) is 4.79 Å². The van der Waals surface area contributed by atoms with Crippen molar-refractivity contribution >= 4 is 34.2 Å². The highest BCUT2D eigenvalue weighted by atomic mass is 35.5. The Labute approximate surface area is 382 Å². The molecule has 1 saturated heterocycles. The summed E-state index contributed by atoms with van der Waals surface area (Å²) in [5, 5.41) is 27.1. The molecule has 0 bridgehead atoms. The van der Waals surface area contributed by atoms with Gasteiger partial charge in [-0.05, 0) is 83.2 Å². The number of halogens is 1. The third-order valence-corrected chi connectivity index (χ3v) is 13.4. The molecule has 4 aromatic carbocycles. The lowest BCUT2D eigenvalue weighted by Gasteiger charge is -2.59. The lowest BCUT2D eigenvalue weighted by Crippen LogP contribution is -2.70. The summed E-state index contributed by atoms with van der Waals surface area (Å²) in [5.41, 5.74) is 4.59. The number of fused-ring (bicyclic) bond motifs is 3. The van der Waals surface area contributed by atoms with Crippen LogP contribution in [0.15, 0.2) is 120 Å². The first-order valence-electron chi connectivity index (χ1n) is 23.0. The fourth-order valence-corrected chi connectivity index (χ4v) is 10.3. The fraction of sp³-hybridized carbons (Fsp3) is 0.462. The first-order chi connectivity index (χ1) is 31.5. The average molecular weight is 893 g/mol. The zero-order chi connectivity index (χ0) is 44.3. The second-order valence-electron chi connectivity index (χ2n) is 17.3. The summed E-state index contributed by atoms with van der Waals surface area (Å²) in [4.78, 5) is 25.2. The quantitative estimate of drug-likeness (QED) is 0.0247. The van der Waals surface area contributed by atoms with E-state index in [1.807, 2.05) is 66.7 Å². The van der Waals surface area contributed by atoms with Gasteiger partial charge in [-0.2, -0.15) is 0 Å². The van der Waals surface area contributed by atoms with Crippen molar-refractivity contribution < 1.29 is 38.8 Å². The first-order valence-corrected chi connectivity index (χ1v) is 23.6. The lowest BCUT2D eigenvalue weighted by atomic mass is 9.55. The summed E-state index contributed by atoms with van der Waals surface area (Å²) in [6.45, 7) is 8.52. The van der Waals surface area contributed by atoms with E-state index >= 15 is 0 Å². The van der Waals surface area contributed by atoms with Crippen LogP contribution in [0.5, 0.6) is 11.5 Å². The standard InChI is InChI=1S/C52H62ClN3O8/c1-2-29-62-52-48(56(51(59)61-30-23-53)35-40-18-12-17-38-15-6-7-19-42(38)40)34-46(54-63-36-37-13-4-3-5-14-37)44-32-39(16-8-10-27-57)43(20-9-11-28-58)49(50(44)52)45-33-41(21-22-47(45)64-52)60-31-26-55-24-25-55/h2-7,12-15,17-19,21-22,32-33,39,43,48-50,57-58H,1,8-11,16,20,23-31,34-36H2. The Hall–Kier alpha value is -4.91. The maximum absolute atomic E-state index is 14.8. The average Bonchev–Trinajstić information content (AvgIpc) is 4.16.